The summed E-state index contributed by atoms with van der Waals surface area (Å²) in [5.41, 5.74) is 3.65. The molecule has 3 rings (SSSR count). The molecular formula is C19H20N2OS. The Labute approximate surface area is 141 Å². The maximum absolute atomic E-state index is 12.4. The summed E-state index contributed by atoms with van der Waals surface area (Å²) in [6.45, 7) is 4.33. The maximum Gasteiger partial charge on any atom is 0.256 e. The van der Waals surface area contributed by atoms with E-state index in [0.29, 0.717) is 22.0 Å². The van der Waals surface area contributed by atoms with Gasteiger partial charge in [0, 0.05) is 10.4 Å². The highest BCUT2D eigenvalue weighted by Gasteiger charge is 2.24. The average molecular weight is 324 g/mol. The predicted octanol–water partition coefficient (Wildman–Crippen LogP) is 4.56. The zero-order valence-corrected chi connectivity index (χ0v) is 14.3. The van der Waals surface area contributed by atoms with Crippen LogP contribution in [-0.4, -0.2) is 5.91 Å². The fraction of sp³-hybridized carbons (Fsp3) is 0.368. The number of aryl methyl sites for hydroxylation is 1. The minimum absolute atomic E-state index is 0.143. The second-order valence-electron chi connectivity index (χ2n) is 6.17. The van der Waals surface area contributed by atoms with E-state index < -0.39 is 0 Å². The Morgan fingerprint density at radius 2 is 2.13 bits per heavy atom. The number of carbonyl (C=O) groups is 1. The lowest BCUT2D eigenvalue weighted by atomic mass is 9.88. The monoisotopic (exact) mass is 324 g/mol. The second-order valence-corrected chi connectivity index (χ2v) is 7.28. The fourth-order valence-electron chi connectivity index (χ4n) is 3.02. The van der Waals surface area contributed by atoms with Crippen LogP contribution in [0, 0.1) is 17.2 Å². The number of hydrogen-bond acceptors (Lipinski definition) is 3. The number of benzene rings is 1. The van der Waals surface area contributed by atoms with Crippen LogP contribution < -0.4 is 5.32 Å². The summed E-state index contributed by atoms with van der Waals surface area (Å²) in [5, 5.41) is 13.1. The van der Waals surface area contributed by atoms with Gasteiger partial charge in [-0.05, 0) is 54.9 Å². The molecule has 1 amide bonds. The molecule has 0 saturated heterocycles. The molecule has 0 aliphatic heterocycles. The molecule has 0 radical (unpaired) electrons. The first-order valence-electron chi connectivity index (χ1n) is 8.07. The molecule has 0 spiro atoms. The Kier molecular flexibility index (Phi) is 4.49. The number of carbonyl (C=O) groups excluding carboxylic acids is 1. The summed E-state index contributed by atoms with van der Waals surface area (Å²) in [5.74, 6) is 0.508. The summed E-state index contributed by atoms with van der Waals surface area (Å²) >= 11 is 1.57. The van der Waals surface area contributed by atoms with Crippen molar-refractivity contribution in [2.24, 2.45) is 5.92 Å². The molecular weight excluding hydrogens is 304 g/mol. The number of nitrogens with zero attached hydrogens (tertiary/aromatic N) is 1. The van der Waals surface area contributed by atoms with E-state index in [-0.39, 0.29) is 5.91 Å². The van der Waals surface area contributed by atoms with Crippen LogP contribution in [-0.2, 0) is 19.3 Å². The number of amides is 1. The Morgan fingerprint density at radius 3 is 2.78 bits per heavy atom. The van der Waals surface area contributed by atoms with Gasteiger partial charge in [-0.15, -0.1) is 11.3 Å². The molecule has 0 saturated carbocycles. The first-order chi connectivity index (χ1) is 11.1. The van der Waals surface area contributed by atoms with E-state index in [1.54, 1.807) is 11.3 Å². The molecule has 1 N–H and O–H groups in total. The van der Waals surface area contributed by atoms with E-state index in [1.165, 1.54) is 10.4 Å². The average Bonchev–Trinajstić information content (AvgIpc) is 2.90. The topological polar surface area (TPSA) is 52.9 Å². The molecule has 0 unspecified atom stereocenters. The molecule has 1 atom stereocenters. The van der Waals surface area contributed by atoms with Crippen molar-refractivity contribution in [3.8, 4) is 6.07 Å². The van der Waals surface area contributed by atoms with Gasteiger partial charge >= 0.3 is 0 Å². The van der Waals surface area contributed by atoms with Crippen LogP contribution in [0.2, 0.25) is 0 Å². The van der Waals surface area contributed by atoms with Crippen molar-refractivity contribution in [2.45, 2.75) is 39.5 Å². The summed E-state index contributed by atoms with van der Waals surface area (Å²) in [6.07, 6.45) is 4.02. The van der Waals surface area contributed by atoms with Crippen LogP contribution in [0.3, 0.4) is 0 Å². The van der Waals surface area contributed by atoms with Crippen molar-refractivity contribution in [3.63, 3.8) is 0 Å². The molecule has 0 bridgehead atoms. The molecule has 4 heteroatoms. The van der Waals surface area contributed by atoms with E-state index in [2.05, 4.69) is 25.2 Å². The van der Waals surface area contributed by atoms with Gasteiger partial charge in [0.05, 0.1) is 5.56 Å². The lowest BCUT2D eigenvalue weighted by Crippen LogP contribution is -2.12. The lowest BCUT2D eigenvalue weighted by Gasteiger charge is -2.17. The number of rotatable bonds is 3. The number of fused-ring (bicyclic) bond motifs is 1. The van der Waals surface area contributed by atoms with Gasteiger partial charge < -0.3 is 5.32 Å². The van der Waals surface area contributed by atoms with Crippen LogP contribution in [0.1, 0.15) is 52.2 Å². The molecule has 1 aromatic carbocycles. The first kappa shape index (κ1) is 15.8. The molecule has 3 nitrogen and oxygen atoms in total. The van der Waals surface area contributed by atoms with E-state index in [1.807, 2.05) is 24.3 Å². The van der Waals surface area contributed by atoms with Gasteiger partial charge in [-0.25, -0.2) is 0 Å². The Hall–Kier alpha value is -2.12. The van der Waals surface area contributed by atoms with Crippen molar-refractivity contribution in [2.75, 3.05) is 5.32 Å². The summed E-state index contributed by atoms with van der Waals surface area (Å²) < 4.78 is 0. The zero-order chi connectivity index (χ0) is 16.4. The van der Waals surface area contributed by atoms with E-state index in [0.717, 1.165) is 31.2 Å². The zero-order valence-electron chi connectivity index (χ0n) is 13.5. The van der Waals surface area contributed by atoms with Gasteiger partial charge in [0.25, 0.3) is 5.91 Å². The van der Waals surface area contributed by atoms with Crippen molar-refractivity contribution in [1.82, 2.24) is 0 Å². The summed E-state index contributed by atoms with van der Waals surface area (Å²) in [7, 11) is 0. The van der Waals surface area contributed by atoms with Gasteiger partial charge in [-0.2, -0.15) is 5.26 Å². The number of anilines is 1. The SMILES string of the molecule is CCc1ccc(C(=O)Nc2sc3c(c2C#N)CC[C@H](C)C3)cc1. The molecule has 1 aliphatic carbocycles. The van der Waals surface area contributed by atoms with Crippen LogP contribution in [0.4, 0.5) is 5.00 Å². The Balaban J connectivity index is 1.85. The van der Waals surface area contributed by atoms with Gasteiger partial charge in [0.2, 0.25) is 0 Å². The van der Waals surface area contributed by atoms with Crippen LogP contribution >= 0.6 is 11.3 Å². The van der Waals surface area contributed by atoms with Gasteiger partial charge in [-0.3, -0.25) is 4.79 Å². The van der Waals surface area contributed by atoms with Crippen LogP contribution in [0.25, 0.3) is 0 Å². The third kappa shape index (κ3) is 3.16. The highest BCUT2D eigenvalue weighted by atomic mass is 32.1. The van der Waals surface area contributed by atoms with Crippen LogP contribution in [0.15, 0.2) is 24.3 Å². The van der Waals surface area contributed by atoms with Crippen molar-refractivity contribution < 1.29 is 4.79 Å². The van der Waals surface area contributed by atoms with Gasteiger partial charge in [0.1, 0.15) is 11.1 Å². The predicted molar refractivity (Wildman–Crippen MR) is 94.0 cm³/mol. The Morgan fingerprint density at radius 1 is 1.39 bits per heavy atom. The fourth-order valence-corrected chi connectivity index (χ4v) is 4.38. The number of thiophene rings is 1. The number of nitrogens with one attached hydrogen (secondary N) is 1. The van der Waals surface area contributed by atoms with Gasteiger partial charge in [0.15, 0.2) is 0 Å². The maximum atomic E-state index is 12.4. The molecule has 1 aromatic heterocycles. The first-order valence-corrected chi connectivity index (χ1v) is 8.89. The van der Waals surface area contributed by atoms with E-state index in [4.69, 9.17) is 0 Å². The van der Waals surface area contributed by atoms with Crippen molar-refractivity contribution in [1.29, 1.82) is 5.26 Å². The minimum Gasteiger partial charge on any atom is -0.312 e. The van der Waals surface area contributed by atoms with Crippen LogP contribution in [0.5, 0.6) is 0 Å². The summed E-state index contributed by atoms with van der Waals surface area (Å²) in [4.78, 5) is 13.7. The highest BCUT2D eigenvalue weighted by molar-refractivity contribution is 7.16. The second kappa shape index (κ2) is 6.55. The van der Waals surface area contributed by atoms with E-state index >= 15 is 0 Å². The third-order valence-corrected chi connectivity index (χ3v) is 5.64. The van der Waals surface area contributed by atoms with E-state index in [9.17, 15) is 10.1 Å². The number of hydrogen-bond donors (Lipinski definition) is 1. The molecule has 2 aromatic rings. The largest absolute Gasteiger partial charge is 0.312 e. The normalized spacial score (nSPS) is 16.5. The number of nitriles is 1. The lowest BCUT2D eigenvalue weighted by molar-refractivity contribution is 0.102. The molecule has 23 heavy (non-hydrogen) atoms. The van der Waals surface area contributed by atoms with Crippen molar-refractivity contribution >= 4 is 22.2 Å². The molecule has 1 heterocycles. The van der Waals surface area contributed by atoms with Gasteiger partial charge in [-0.1, -0.05) is 26.0 Å². The molecule has 1 aliphatic rings. The smallest absolute Gasteiger partial charge is 0.256 e. The quantitative estimate of drug-likeness (QED) is 0.900. The van der Waals surface area contributed by atoms with Crippen molar-refractivity contribution in [3.05, 3.63) is 51.4 Å². The molecule has 118 valence electrons. The molecule has 0 fully saturated rings. The summed E-state index contributed by atoms with van der Waals surface area (Å²) in [6, 6.07) is 9.92. The Bertz CT molecular complexity index is 768. The standard InChI is InChI=1S/C19H20N2OS/c1-3-13-5-7-14(8-6-13)18(22)21-19-16(11-20)15-9-4-12(2)10-17(15)23-19/h5-8,12H,3-4,9-10H2,1-2H3,(H,21,22)/t12-/m0/s1. The minimum atomic E-state index is -0.143. The highest BCUT2D eigenvalue weighted by Crippen LogP contribution is 2.39. The third-order valence-electron chi connectivity index (χ3n) is 4.47.